The lowest BCUT2D eigenvalue weighted by atomic mass is 10.0. The maximum Gasteiger partial charge on any atom is 0.255 e. The quantitative estimate of drug-likeness (QED) is 0.304. The minimum Gasteiger partial charge on any atom is -0.490 e. The maximum absolute atomic E-state index is 13.2. The minimum absolute atomic E-state index is 0.0200. The van der Waals surface area contributed by atoms with Crippen LogP contribution in [0.3, 0.4) is 0 Å². The molecular formula is C26H24FN3O4. The summed E-state index contributed by atoms with van der Waals surface area (Å²) in [5.41, 5.74) is 2.95. The lowest BCUT2D eigenvalue weighted by molar-refractivity contribution is 0.0911. The number of aliphatic hydroxyl groups is 2. The second-order valence-electron chi connectivity index (χ2n) is 7.55. The van der Waals surface area contributed by atoms with Crippen molar-refractivity contribution >= 4 is 29.0 Å². The Morgan fingerprint density at radius 2 is 1.82 bits per heavy atom. The Morgan fingerprint density at radius 1 is 1.06 bits per heavy atom. The first-order valence-corrected chi connectivity index (χ1v) is 10.8. The summed E-state index contributed by atoms with van der Waals surface area (Å²) < 4.78 is 19.0. The van der Waals surface area contributed by atoms with Crippen LogP contribution in [-0.4, -0.2) is 46.1 Å². The van der Waals surface area contributed by atoms with Crippen LogP contribution in [-0.2, 0) is 0 Å². The van der Waals surface area contributed by atoms with Crippen molar-refractivity contribution in [2.24, 2.45) is 0 Å². The summed E-state index contributed by atoms with van der Waals surface area (Å²) in [4.78, 5) is 13.2. The third-order valence-electron chi connectivity index (χ3n) is 5.29. The fourth-order valence-electron chi connectivity index (χ4n) is 3.61. The van der Waals surface area contributed by atoms with Gasteiger partial charge < -0.3 is 20.3 Å². The molecule has 0 aliphatic carbocycles. The number of hydrogen-bond acceptors (Lipinski definition) is 5. The third-order valence-corrected chi connectivity index (χ3v) is 5.29. The van der Waals surface area contributed by atoms with Gasteiger partial charge in [-0.2, -0.15) is 5.10 Å². The van der Waals surface area contributed by atoms with E-state index in [1.54, 1.807) is 36.4 Å². The average Bonchev–Trinajstić information content (AvgIpc) is 3.29. The van der Waals surface area contributed by atoms with Gasteiger partial charge in [0.15, 0.2) is 0 Å². The SMILES string of the molecule is O=C(N[C@H](CO)c1ccccc1)c1ccc2[nH]nc(C=Cc3ccc(F)cc3)c2c1OCCO. The van der Waals surface area contributed by atoms with E-state index in [1.807, 2.05) is 30.3 Å². The first-order valence-electron chi connectivity index (χ1n) is 10.8. The number of nitrogens with zero attached hydrogens (tertiary/aromatic N) is 1. The van der Waals surface area contributed by atoms with Crippen LogP contribution in [0.2, 0.25) is 0 Å². The normalized spacial score (nSPS) is 12.2. The molecule has 0 saturated carbocycles. The van der Waals surface area contributed by atoms with Crippen LogP contribution in [0.25, 0.3) is 23.1 Å². The van der Waals surface area contributed by atoms with E-state index in [0.717, 1.165) is 11.1 Å². The number of aromatic nitrogens is 2. The van der Waals surface area contributed by atoms with E-state index in [0.29, 0.717) is 16.6 Å². The highest BCUT2D eigenvalue weighted by Crippen LogP contribution is 2.33. The van der Waals surface area contributed by atoms with Crippen molar-refractivity contribution in [3.05, 3.63) is 94.9 Å². The van der Waals surface area contributed by atoms with Crippen LogP contribution in [0.4, 0.5) is 4.39 Å². The van der Waals surface area contributed by atoms with Crippen molar-refractivity contribution in [3.63, 3.8) is 0 Å². The van der Waals surface area contributed by atoms with Crippen LogP contribution in [0.1, 0.15) is 33.2 Å². The van der Waals surface area contributed by atoms with E-state index in [-0.39, 0.29) is 37.0 Å². The smallest absolute Gasteiger partial charge is 0.255 e. The predicted octanol–water partition coefficient (Wildman–Crippen LogP) is 3.71. The first kappa shape index (κ1) is 23.2. The second kappa shape index (κ2) is 10.7. The molecule has 4 rings (SSSR count). The molecule has 34 heavy (non-hydrogen) atoms. The molecule has 1 amide bonds. The number of benzene rings is 3. The van der Waals surface area contributed by atoms with Crippen LogP contribution in [0.5, 0.6) is 5.75 Å². The van der Waals surface area contributed by atoms with Gasteiger partial charge in [0, 0.05) is 0 Å². The minimum atomic E-state index is -0.600. The fourth-order valence-corrected chi connectivity index (χ4v) is 3.61. The van der Waals surface area contributed by atoms with Gasteiger partial charge in [0.05, 0.1) is 41.4 Å². The van der Waals surface area contributed by atoms with Gasteiger partial charge in [0.2, 0.25) is 0 Å². The van der Waals surface area contributed by atoms with Crippen LogP contribution in [0, 0.1) is 5.82 Å². The Bertz CT molecular complexity index is 1290. The highest BCUT2D eigenvalue weighted by molar-refractivity contribution is 6.05. The molecule has 0 spiro atoms. The number of carbonyl (C=O) groups is 1. The van der Waals surface area contributed by atoms with Gasteiger partial charge in [0.25, 0.3) is 5.91 Å². The summed E-state index contributed by atoms with van der Waals surface area (Å²) in [5.74, 6) is -0.497. The molecular weight excluding hydrogens is 437 g/mol. The van der Waals surface area contributed by atoms with Crippen LogP contribution in [0.15, 0.2) is 66.7 Å². The zero-order valence-corrected chi connectivity index (χ0v) is 18.2. The van der Waals surface area contributed by atoms with Crippen molar-refractivity contribution in [2.45, 2.75) is 6.04 Å². The van der Waals surface area contributed by atoms with Crippen molar-refractivity contribution in [2.75, 3.05) is 19.8 Å². The van der Waals surface area contributed by atoms with Crippen molar-refractivity contribution in [1.82, 2.24) is 15.5 Å². The Labute approximate surface area is 195 Å². The highest BCUT2D eigenvalue weighted by atomic mass is 19.1. The Morgan fingerprint density at radius 3 is 2.53 bits per heavy atom. The van der Waals surface area contributed by atoms with E-state index < -0.39 is 11.9 Å². The Hall–Kier alpha value is -4.01. The highest BCUT2D eigenvalue weighted by Gasteiger charge is 2.22. The molecule has 0 bridgehead atoms. The van der Waals surface area contributed by atoms with E-state index in [9.17, 15) is 19.4 Å². The molecule has 1 atom stereocenters. The topological polar surface area (TPSA) is 107 Å². The molecule has 0 fully saturated rings. The summed E-state index contributed by atoms with van der Waals surface area (Å²) in [6, 6.07) is 17.9. The number of aliphatic hydroxyl groups excluding tert-OH is 2. The second-order valence-corrected chi connectivity index (χ2v) is 7.55. The fraction of sp³-hybridized carbons (Fsp3) is 0.154. The summed E-state index contributed by atoms with van der Waals surface area (Å²) >= 11 is 0. The van der Waals surface area contributed by atoms with Crippen LogP contribution < -0.4 is 10.1 Å². The number of aromatic amines is 1. The van der Waals surface area contributed by atoms with Gasteiger partial charge in [-0.25, -0.2) is 4.39 Å². The van der Waals surface area contributed by atoms with E-state index in [4.69, 9.17) is 4.74 Å². The molecule has 0 saturated heterocycles. The molecule has 7 nitrogen and oxygen atoms in total. The lowest BCUT2D eigenvalue weighted by Gasteiger charge is -2.18. The number of fused-ring (bicyclic) bond motifs is 1. The molecule has 0 unspecified atom stereocenters. The van der Waals surface area contributed by atoms with Gasteiger partial charge in [-0.15, -0.1) is 0 Å². The molecule has 1 aromatic heterocycles. The Balaban J connectivity index is 1.70. The molecule has 0 radical (unpaired) electrons. The zero-order chi connectivity index (χ0) is 23.9. The predicted molar refractivity (Wildman–Crippen MR) is 128 cm³/mol. The zero-order valence-electron chi connectivity index (χ0n) is 18.2. The molecule has 8 heteroatoms. The molecule has 0 aliphatic rings. The molecule has 174 valence electrons. The standard InChI is InChI=1S/C26H24FN3O4/c27-19-9-6-17(7-10-19)8-12-21-24-22(30-29-21)13-11-20(25(24)34-15-14-31)26(33)28-23(16-32)18-4-2-1-3-5-18/h1-13,23,31-32H,14-16H2,(H,28,33)(H,29,30)/t23-/m1/s1. The van der Waals surface area contributed by atoms with Gasteiger partial charge in [-0.3, -0.25) is 9.89 Å². The van der Waals surface area contributed by atoms with E-state index >= 15 is 0 Å². The number of amides is 1. The summed E-state index contributed by atoms with van der Waals surface area (Å²) in [6.45, 7) is -0.532. The number of rotatable bonds is 9. The van der Waals surface area contributed by atoms with Gasteiger partial charge in [-0.1, -0.05) is 48.5 Å². The van der Waals surface area contributed by atoms with Crippen molar-refractivity contribution < 1.29 is 24.1 Å². The van der Waals surface area contributed by atoms with E-state index in [2.05, 4.69) is 15.5 Å². The number of hydrogen-bond donors (Lipinski definition) is 4. The lowest BCUT2D eigenvalue weighted by Crippen LogP contribution is -2.31. The number of ether oxygens (including phenoxy) is 1. The van der Waals surface area contributed by atoms with E-state index in [1.165, 1.54) is 12.1 Å². The number of H-pyrrole nitrogens is 1. The van der Waals surface area contributed by atoms with Crippen LogP contribution >= 0.6 is 0 Å². The number of carbonyl (C=O) groups excluding carboxylic acids is 1. The Kier molecular flexibility index (Phi) is 7.31. The van der Waals surface area contributed by atoms with Gasteiger partial charge >= 0.3 is 0 Å². The largest absolute Gasteiger partial charge is 0.490 e. The molecule has 4 N–H and O–H groups in total. The number of halogens is 1. The molecule has 0 aliphatic heterocycles. The number of nitrogens with one attached hydrogen (secondary N) is 2. The van der Waals surface area contributed by atoms with Gasteiger partial charge in [-0.05, 0) is 41.5 Å². The summed E-state index contributed by atoms with van der Waals surface area (Å²) in [6.07, 6.45) is 3.51. The molecule has 4 aromatic rings. The summed E-state index contributed by atoms with van der Waals surface area (Å²) in [7, 11) is 0. The van der Waals surface area contributed by atoms with Crippen molar-refractivity contribution in [1.29, 1.82) is 0 Å². The molecule has 3 aromatic carbocycles. The first-order chi connectivity index (χ1) is 16.6. The van der Waals surface area contributed by atoms with Gasteiger partial charge in [0.1, 0.15) is 18.2 Å². The van der Waals surface area contributed by atoms with Crippen molar-refractivity contribution in [3.8, 4) is 5.75 Å². The summed E-state index contributed by atoms with van der Waals surface area (Å²) in [5, 5.41) is 29.8. The third kappa shape index (κ3) is 5.14. The maximum atomic E-state index is 13.2. The monoisotopic (exact) mass is 461 g/mol. The molecule has 1 heterocycles. The average molecular weight is 461 g/mol.